The Hall–Kier alpha value is -13.5. The minimum atomic E-state index is -0.0388. The molecule has 4 aliphatic rings. The van der Waals surface area contributed by atoms with Crippen LogP contribution in [0.15, 0.2) is 253 Å². The quantitative estimate of drug-likeness (QED) is 0.115. The molecular weight excluding hydrogens is 1410 g/mol. The summed E-state index contributed by atoms with van der Waals surface area (Å²) in [5.74, 6) is 5.01. The van der Waals surface area contributed by atoms with E-state index in [1.54, 1.807) is 31.0 Å². The second kappa shape index (κ2) is 36.5. The van der Waals surface area contributed by atoms with Gasteiger partial charge in [0.2, 0.25) is 5.56 Å². The maximum Gasteiger partial charge on any atom is 0.251 e. The Morgan fingerprint density at radius 1 is 0.386 bits per heavy atom. The lowest BCUT2D eigenvalue weighted by atomic mass is 9.71. The van der Waals surface area contributed by atoms with E-state index < -0.39 is 0 Å². The molecule has 16 nitrogen and oxygen atoms in total. The van der Waals surface area contributed by atoms with Gasteiger partial charge in [-0.1, -0.05) is 183 Å². The minimum absolute atomic E-state index is 0.0262. The number of allylic oxidation sites excluding steroid dienone is 4. The molecule has 4 aliphatic carbocycles. The first-order chi connectivity index (χ1) is 55.5. The Balaban J connectivity index is 0.000000133. The molecule has 0 saturated heterocycles. The lowest BCUT2D eigenvalue weighted by molar-refractivity contribution is 0.324. The molecule has 0 unspecified atom stereocenters. The summed E-state index contributed by atoms with van der Waals surface area (Å²) in [6, 6.07) is 62.9. The van der Waals surface area contributed by atoms with Gasteiger partial charge in [0.05, 0.1) is 80.7 Å². The largest absolute Gasteiger partial charge is 0.329 e. The normalized spacial score (nSPS) is 21.1. The van der Waals surface area contributed by atoms with E-state index >= 15 is 0 Å². The van der Waals surface area contributed by atoms with Crippen LogP contribution < -0.4 is 11.1 Å². The second-order valence-electron chi connectivity index (χ2n) is 30.6. The summed E-state index contributed by atoms with van der Waals surface area (Å²) < 4.78 is 0. The molecule has 12 aromatic rings. The van der Waals surface area contributed by atoms with Gasteiger partial charge >= 0.3 is 0 Å². The summed E-state index contributed by atoms with van der Waals surface area (Å²) in [5.41, 5.74) is 22.5. The van der Waals surface area contributed by atoms with Crippen LogP contribution in [0.2, 0.25) is 0 Å². The molecule has 2 N–H and O–H groups in total. The molecule has 114 heavy (non-hydrogen) atoms. The van der Waals surface area contributed by atoms with Crippen molar-refractivity contribution in [1.29, 1.82) is 21.0 Å². The molecule has 0 saturated carbocycles. The van der Waals surface area contributed by atoms with Gasteiger partial charge in [0, 0.05) is 129 Å². The molecule has 12 atom stereocenters. The van der Waals surface area contributed by atoms with Gasteiger partial charge in [0.15, 0.2) is 0 Å². The Morgan fingerprint density at radius 2 is 0.781 bits per heavy atom. The fourth-order valence-corrected chi connectivity index (χ4v) is 16.1. The van der Waals surface area contributed by atoms with E-state index in [9.17, 15) is 30.6 Å². The summed E-state index contributed by atoms with van der Waals surface area (Å²) in [7, 11) is 0. The van der Waals surface area contributed by atoms with Gasteiger partial charge < -0.3 is 9.97 Å². The maximum absolute atomic E-state index is 12.2. The number of aromatic amines is 2. The fourth-order valence-electron chi connectivity index (χ4n) is 16.1. The van der Waals surface area contributed by atoms with Crippen molar-refractivity contribution in [3.8, 4) is 68.8 Å². The van der Waals surface area contributed by atoms with Crippen LogP contribution in [0.3, 0.4) is 0 Å². The summed E-state index contributed by atoms with van der Waals surface area (Å²) >= 11 is 0. The number of fused-ring (bicyclic) bond motifs is 4. The van der Waals surface area contributed by atoms with Crippen LogP contribution in [0.1, 0.15) is 169 Å². The zero-order valence-electron chi connectivity index (χ0n) is 65.3. The number of hydrogen-bond donors (Lipinski definition) is 2. The predicted molar refractivity (Wildman–Crippen MR) is 451 cm³/mol. The molecule has 0 amide bonds. The van der Waals surface area contributed by atoms with Gasteiger partial charge in [-0.2, -0.15) is 31.2 Å². The van der Waals surface area contributed by atoms with Crippen LogP contribution in [0.4, 0.5) is 0 Å². The van der Waals surface area contributed by atoms with Crippen molar-refractivity contribution in [3.63, 3.8) is 0 Å². The van der Waals surface area contributed by atoms with Crippen molar-refractivity contribution in [1.82, 2.24) is 50.1 Å². The number of pyridine rings is 6. The number of aromatic nitrogens is 10. The number of nitrogens with one attached hydrogen (secondary N) is 2. The number of hydrogen-bond acceptors (Lipinski definition) is 14. The summed E-state index contributed by atoms with van der Waals surface area (Å²) in [6.07, 6.45) is 35.2. The van der Waals surface area contributed by atoms with E-state index in [4.69, 9.17) is 0 Å². The van der Waals surface area contributed by atoms with E-state index in [1.165, 1.54) is 16.7 Å². The topological polar surface area (TPSA) is 264 Å². The number of nitriles is 4. The van der Waals surface area contributed by atoms with Crippen LogP contribution in [-0.2, 0) is 25.7 Å². The first kappa shape index (κ1) is 78.6. The van der Waals surface area contributed by atoms with Gasteiger partial charge in [-0.15, -0.1) is 0 Å². The average molecular weight is 1500 g/mol. The highest BCUT2D eigenvalue weighted by Crippen LogP contribution is 2.44. The Bertz CT molecular complexity index is 5660. The van der Waals surface area contributed by atoms with Crippen LogP contribution >= 0.6 is 0 Å². The van der Waals surface area contributed by atoms with Crippen LogP contribution in [0.25, 0.3) is 68.8 Å². The Morgan fingerprint density at radius 3 is 1.22 bits per heavy atom. The van der Waals surface area contributed by atoms with Crippen molar-refractivity contribution in [2.45, 2.75) is 105 Å². The zero-order chi connectivity index (χ0) is 79.8. The summed E-state index contributed by atoms with van der Waals surface area (Å²) in [6.45, 7) is 18.1. The number of H-pyrrole nitrogens is 2. The van der Waals surface area contributed by atoms with Crippen LogP contribution in [-0.4, -0.2) is 50.1 Å². The third kappa shape index (κ3) is 18.1. The smallest absolute Gasteiger partial charge is 0.251 e. The maximum atomic E-state index is 12.2. The van der Waals surface area contributed by atoms with Crippen LogP contribution in [0, 0.1) is 92.7 Å². The molecule has 16 rings (SSSR count). The molecular formula is C98H90N14O2. The SMILES string of the molecule is C[C@H]1[C@H](/C=C/c2ccc(-c3ccccc3C#N)cn2)c2cc[nH]c(=O)c2C[C@@H]1C.C[C@H]1[C@H](/C=C/c2ccc(-c3ccccc3C#N)cn2)c2ccc(=O)[nH]c2C[C@@H]1C.C[C@H]1[C@H](/C=C/c2ccc(-c3ccccc3C#N)cn2)c2ncncc2C[C@@H]1C.C[C@H]1[C@H](/C=C/c2ccc(-c3ccccc3C#N)cn2)c2nnccc2C[C@@H]1C. The average Bonchev–Trinajstić information content (AvgIpc) is 0.796. The standard InChI is InChI=1S/2C25H23N3O.2C24H22N4/c1-16-13-24-23(11-12-27-25(24)29)21(17(16)2)10-9-20-8-7-19(15-28-20)22-6-4-3-5-18(22)14-26;1-16-13-24-23(11-12-25(29)28-24)21(17(16)2)10-9-20-8-7-19(15-27-20)22-6-4-3-5-18(22)14-26;1-16-11-20-13-26-15-28-24(20)22(17(16)2)10-9-21-8-7-19(14-27-21)23-6-4-3-5-18(23)12-25;1-16-13-18-11-12-27-28-24(18)22(17(16)2)10-9-21-8-7-20(15-26-21)23-6-4-3-5-19(23)14-25/h3-12,15-17,21H,13H2,1-2H3,(H,27,29);3-12,15-17,21H,13H2,1-2H3,(H,28,29);3-10,13-17,22H,11H2,1-2H3;3-12,15-17,22H,13H2,1-2H3/b4*10-9+/t2*16-,17+,21-;2*16-,17+,22-/m0000/s1. The Labute approximate surface area is 666 Å². The third-order valence-electron chi connectivity index (χ3n) is 23.6. The zero-order valence-corrected chi connectivity index (χ0v) is 65.3. The number of nitrogens with zero attached hydrogens (tertiary/aromatic N) is 12. The van der Waals surface area contributed by atoms with E-state index in [0.29, 0.717) is 69.6 Å². The molecule has 564 valence electrons. The predicted octanol–water partition coefficient (Wildman–Crippen LogP) is 19.9. The van der Waals surface area contributed by atoms with Crippen molar-refractivity contribution >= 4 is 24.3 Å². The molecule has 0 bridgehead atoms. The van der Waals surface area contributed by atoms with E-state index in [1.807, 2.05) is 195 Å². The molecule has 16 heteroatoms. The van der Waals surface area contributed by atoms with Gasteiger partial charge in [0.1, 0.15) is 6.33 Å². The van der Waals surface area contributed by atoms with Gasteiger partial charge in [-0.25, -0.2) is 9.97 Å². The van der Waals surface area contributed by atoms with E-state index in [0.717, 1.165) is 121 Å². The van der Waals surface area contributed by atoms with E-state index in [2.05, 4.69) is 172 Å². The first-order valence-corrected chi connectivity index (χ1v) is 39.1. The number of rotatable bonds is 12. The second-order valence-corrected chi connectivity index (χ2v) is 30.6. The molecule has 0 aliphatic heterocycles. The highest BCUT2D eigenvalue weighted by atomic mass is 16.1. The van der Waals surface area contributed by atoms with Gasteiger partial charge in [-0.3, -0.25) is 29.5 Å². The number of benzene rings is 4. The molecule has 4 aromatic carbocycles. The van der Waals surface area contributed by atoms with Gasteiger partial charge in [-0.05, 0) is 180 Å². The van der Waals surface area contributed by atoms with Crippen molar-refractivity contribution in [2.75, 3.05) is 0 Å². The fraction of sp³-hybridized carbons (Fsp3) is 0.245. The lowest BCUT2D eigenvalue weighted by Crippen LogP contribution is -2.30. The van der Waals surface area contributed by atoms with Crippen LogP contribution in [0.5, 0.6) is 0 Å². The van der Waals surface area contributed by atoms with E-state index in [-0.39, 0.29) is 34.8 Å². The first-order valence-electron chi connectivity index (χ1n) is 39.1. The van der Waals surface area contributed by atoms with Gasteiger partial charge in [0.25, 0.3) is 5.56 Å². The monoisotopic (exact) mass is 1490 g/mol. The minimum Gasteiger partial charge on any atom is -0.329 e. The highest BCUT2D eigenvalue weighted by Gasteiger charge is 2.35. The molecule has 0 radical (unpaired) electrons. The molecule has 0 spiro atoms. The van der Waals surface area contributed by atoms with Crippen molar-refractivity contribution < 1.29 is 0 Å². The molecule has 8 heterocycles. The molecule has 0 fully saturated rings. The summed E-state index contributed by atoms with van der Waals surface area (Å²) in [4.78, 5) is 56.8. The Kier molecular flexibility index (Phi) is 25.2. The molecule has 8 aromatic heterocycles. The lowest BCUT2D eigenvalue weighted by Gasteiger charge is -2.34. The van der Waals surface area contributed by atoms with Crippen molar-refractivity contribution in [2.24, 2.45) is 47.3 Å². The summed E-state index contributed by atoms with van der Waals surface area (Å²) in [5, 5.41) is 45.7. The highest BCUT2D eigenvalue weighted by molar-refractivity contribution is 5.74. The van der Waals surface area contributed by atoms with Crippen molar-refractivity contribution in [3.05, 3.63) is 355 Å². The third-order valence-corrected chi connectivity index (χ3v) is 23.6.